The molecule has 0 saturated carbocycles. The van der Waals surface area contributed by atoms with Crippen molar-refractivity contribution in [1.82, 2.24) is 10.6 Å². The third kappa shape index (κ3) is 6.32. The van der Waals surface area contributed by atoms with Crippen LogP contribution in [0.2, 0.25) is 0 Å². The molecule has 2 amide bonds. The van der Waals surface area contributed by atoms with E-state index in [0.29, 0.717) is 23.7 Å². The van der Waals surface area contributed by atoms with Crippen LogP contribution in [0.3, 0.4) is 0 Å². The van der Waals surface area contributed by atoms with Gasteiger partial charge in [0, 0.05) is 19.7 Å². The summed E-state index contributed by atoms with van der Waals surface area (Å²) in [6, 6.07) is 5.06. The van der Waals surface area contributed by atoms with Gasteiger partial charge < -0.3 is 24.3 Å². The number of ether oxygens (including phenoxy) is 4. The lowest BCUT2D eigenvalue weighted by Crippen LogP contribution is -2.51. The van der Waals surface area contributed by atoms with E-state index < -0.39 is 17.4 Å². The highest BCUT2D eigenvalue weighted by Crippen LogP contribution is 2.35. The second-order valence-electron chi connectivity index (χ2n) is 6.81. The van der Waals surface area contributed by atoms with Crippen LogP contribution >= 0.6 is 0 Å². The first kappa shape index (κ1) is 22.6. The van der Waals surface area contributed by atoms with E-state index in [2.05, 4.69) is 10.6 Å². The van der Waals surface area contributed by atoms with E-state index in [9.17, 15) is 9.59 Å². The molecule has 0 heterocycles. The average Bonchev–Trinajstić information content (AvgIpc) is 2.59. The Hall–Kier alpha value is -2.48. The minimum atomic E-state index is -1.44. The van der Waals surface area contributed by atoms with E-state index in [1.54, 1.807) is 39.0 Å². The van der Waals surface area contributed by atoms with Crippen LogP contribution in [-0.4, -0.2) is 45.5 Å². The van der Waals surface area contributed by atoms with Gasteiger partial charge in [0.2, 0.25) is 5.91 Å². The Balaban J connectivity index is 3.37. The van der Waals surface area contributed by atoms with Crippen molar-refractivity contribution in [3.63, 3.8) is 0 Å². The summed E-state index contributed by atoms with van der Waals surface area (Å²) < 4.78 is 21.8. The number of hydrogen-bond acceptors (Lipinski definition) is 6. The molecule has 1 atom stereocenters. The lowest BCUT2D eigenvalue weighted by Gasteiger charge is -2.34. The van der Waals surface area contributed by atoms with Gasteiger partial charge in [-0.2, -0.15) is 0 Å². The first-order valence-electron chi connectivity index (χ1n) is 8.69. The molecule has 1 unspecified atom stereocenters. The first-order valence-corrected chi connectivity index (χ1v) is 8.69. The molecule has 1 aromatic carbocycles. The minimum absolute atomic E-state index is 0.156. The molecule has 8 heteroatoms. The summed E-state index contributed by atoms with van der Waals surface area (Å²) in [5.74, 6) is 0.686. The standard InChI is InChI=1S/C19H30N2O6/c1-8-26-15-11-13(9-10-14(15)24-6)19(25-7,12-16(22)20-5)21-17(23)27-18(2,3)4/h9-11H,8,12H2,1-7H3,(H,20,22)(H,21,23). The highest BCUT2D eigenvalue weighted by atomic mass is 16.6. The van der Waals surface area contributed by atoms with Crippen molar-refractivity contribution in [2.45, 2.75) is 45.4 Å². The third-order valence-electron chi connectivity index (χ3n) is 3.67. The average molecular weight is 382 g/mol. The van der Waals surface area contributed by atoms with Crippen molar-refractivity contribution in [1.29, 1.82) is 0 Å². The van der Waals surface area contributed by atoms with Gasteiger partial charge in [-0.25, -0.2) is 4.79 Å². The molecule has 2 N–H and O–H groups in total. The van der Waals surface area contributed by atoms with Crippen molar-refractivity contribution in [2.75, 3.05) is 27.9 Å². The van der Waals surface area contributed by atoms with Crippen molar-refractivity contribution >= 4 is 12.0 Å². The van der Waals surface area contributed by atoms with Crippen LogP contribution in [0.5, 0.6) is 11.5 Å². The fourth-order valence-electron chi connectivity index (χ4n) is 2.44. The molecule has 0 aromatic heterocycles. The number of carbonyl (C=O) groups excluding carboxylic acids is 2. The Bertz CT molecular complexity index is 656. The number of carbonyl (C=O) groups is 2. The normalized spacial score (nSPS) is 13.3. The predicted octanol–water partition coefficient (Wildman–Crippen LogP) is 2.55. The van der Waals surface area contributed by atoms with Gasteiger partial charge in [-0.15, -0.1) is 0 Å². The number of hydrogen-bond donors (Lipinski definition) is 2. The van der Waals surface area contributed by atoms with Gasteiger partial charge in [-0.1, -0.05) is 6.07 Å². The van der Waals surface area contributed by atoms with E-state index in [1.165, 1.54) is 21.3 Å². The van der Waals surface area contributed by atoms with Crippen molar-refractivity contribution in [3.8, 4) is 11.5 Å². The summed E-state index contributed by atoms with van der Waals surface area (Å²) in [7, 11) is 4.45. The predicted molar refractivity (Wildman–Crippen MR) is 101 cm³/mol. The monoisotopic (exact) mass is 382 g/mol. The van der Waals surface area contributed by atoms with Crippen LogP contribution in [0, 0.1) is 0 Å². The summed E-state index contributed by atoms with van der Waals surface area (Å²) in [6.07, 6.45) is -0.862. The second-order valence-corrected chi connectivity index (χ2v) is 6.81. The quantitative estimate of drug-likeness (QED) is 0.671. The maximum atomic E-state index is 12.4. The van der Waals surface area contributed by atoms with Gasteiger partial charge in [-0.05, 0) is 39.8 Å². The maximum Gasteiger partial charge on any atom is 0.410 e. The topological polar surface area (TPSA) is 95.1 Å². The summed E-state index contributed by atoms with van der Waals surface area (Å²) >= 11 is 0. The van der Waals surface area contributed by atoms with Crippen molar-refractivity contribution in [2.24, 2.45) is 0 Å². The molecule has 0 radical (unpaired) electrons. The fraction of sp³-hybridized carbons (Fsp3) is 0.579. The highest BCUT2D eigenvalue weighted by Gasteiger charge is 2.38. The largest absolute Gasteiger partial charge is 0.493 e. The van der Waals surface area contributed by atoms with Gasteiger partial charge in [-0.3, -0.25) is 10.1 Å². The molecule has 0 fully saturated rings. The number of amides is 2. The molecule has 0 saturated heterocycles. The number of methoxy groups -OCH3 is 2. The molecule has 0 spiro atoms. The molecule has 152 valence electrons. The van der Waals surface area contributed by atoms with Crippen LogP contribution in [-0.2, 0) is 20.0 Å². The molecular formula is C19H30N2O6. The van der Waals surface area contributed by atoms with E-state index in [0.717, 1.165) is 0 Å². The Morgan fingerprint density at radius 3 is 2.26 bits per heavy atom. The van der Waals surface area contributed by atoms with Crippen LogP contribution in [0.15, 0.2) is 18.2 Å². The number of nitrogens with one attached hydrogen (secondary N) is 2. The Morgan fingerprint density at radius 2 is 1.78 bits per heavy atom. The fourth-order valence-corrected chi connectivity index (χ4v) is 2.44. The SMILES string of the molecule is CCOc1cc(C(CC(=O)NC)(NC(=O)OC(C)(C)C)OC)ccc1OC. The molecule has 0 aliphatic carbocycles. The molecule has 27 heavy (non-hydrogen) atoms. The van der Waals surface area contributed by atoms with Gasteiger partial charge in [0.15, 0.2) is 17.2 Å². The summed E-state index contributed by atoms with van der Waals surface area (Å²) in [6.45, 7) is 7.52. The van der Waals surface area contributed by atoms with E-state index >= 15 is 0 Å². The zero-order valence-corrected chi connectivity index (χ0v) is 17.1. The Morgan fingerprint density at radius 1 is 1.11 bits per heavy atom. The molecule has 8 nitrogen and oxygen atoms in total. The zero-order valence-electron chi connectivity index (χ0n) is 17.1. The van der Waals surface area contributed by atoms with Crippen molar-refractivity contribution < 1.29 is 28.5 Å². The Kier molecular flexibility index (Phi) is 7.90. The second kappa shape index (κ2) is 9.45. The Labute approximate surface area is 160 Å². The number of alkyl carbamates (subject to hydrolysis) is 1. The molecular weight excluding hydrogens is 352 g/mol. The van der Waals surface area contributed by atoms with Crippen LogP contribution < -0.4 is 20.1 Å². The molecule has 0 aliphatic rings. The summed E-state index contributed by atoms with van der Waals surface area (Å²) in [5.41, 5.74) is -1.63. The highest BCUT2D eigenvalue weighted by molar-refractivity contribution is 5.78. The van der Waals surface area contributed by atoms with Crippen LogP contribution in [0.25, 0.3) is 0 Å². The molecule has 0 aliphatic heterocycles. The van der Waals surface area contributed by atoms with Gasteiger partial charge >= 0.3 is 6.09 Å². The van der Waals surface area contributed by atoms with E-state index in [-0.39, 0.29) is 12.3 Å². The number of rotatable bonds is 8. The van der Waals surface area contributed by atoms with Crippen LogP contribution in [0.4, 0.5) is 4.79 Å². The smallest absolute Gasteiger partial charge is 0.410 e. The minimum Gasteiger partial charge on any atom is -0.493 e. The van der Waals surface area contributed by atoms with Gasteiger partial charge in [0.05, 0.1) is 20.1 Å². The van der Waals surface area contributed by atoms with Crippen molar-refractivity contribution in [3.05, 3.63) is 23.8 Å². The number of benzene rings is 1. The van der Waals surface area contributed by atoms with E-state index in [1.807, 2.05) is 6.92 Å². The van der Waals surface area contributed by atoms with Crippen LogP contribution in [0.1, 0.15) is 39.7 Å². The van der Waals surface area contributed by atoms with Gasteiger partial charge in [0.25, 0.3) is 0 Å². The maximum absolute atomic E-state index is 12.4. The summed E-state index contributed by atoms with van der Waals surface area (Å²) in [5, 5.41) is 5.23. The molecule has 0 bridgehead atoms. The van der Waals surface area contributed by atoms with E-state index in [4.69, 9.17) is 18.9 Å². The third-order valence-corrected chi connectivity index (χ3v) is 3.67. The molecule has 1 aromatic rings. The first-order chi connectivity index (χ1) is 12.6. The summed E-state index contributed by atoms with van der Waals surface area (Å²) in [4.78, 5) is 24.5. The lowest BCUT2D eigenvalue weighted by atomic mass is 9.97. The molecule has 1 rings (SSSR count). The lowest BCUT2D eigenvalue weighted by molar-refractivity contribution is -0.130. The zero-order chi connectivity index (χ0) is 20.7. The van der Waals surface area contributed by atoms with Gasteiger partial charge in [0.1, 0.15) is 5.60 Å².